The van der Waals surface area contributed by atoms with Gasteiger partial charge in [-0.1, -0.05) is 43.3 Å². The van der Waals surface area contributed by atoms with Crippen LogP contribution in [0.25, 0.3) is 0 Å². The Kier molecular flexibility index (Phi) is 7.06. The second-order valence-corrected chi connectivity index (χ2v) is 7.17. The lowest BCUT2D eigenvalue weighted by atomic mass is 9.93. The van der Waals surface area contributed by atoms with Gasteiger partial charge in [0.15, 0.2) is 6.61 Å². The monoisotopic (exact) mass is 380 g/mol. The van der Waals surface area contributed by atoms with Crippen molar-refractivity contribution in [2.75, 3.05) is 25.0 Å². The highest BCUT2D eigenvalue weighted by molar-refractivity contribution is 5.91. The van der Waals surface area contributed by atoms with Crippen LogP contribution in [0.4, 0.5) is 5.69 Å². The molecule has 5 heteroatoms. The van der Waals surface area contributed by atoms with Crippen LogP contribution < -0.4 is 10.1 Å². The van der Waals surface area contributed by atoms with E-state index in [2.05, 4.69) is 24.4 Å². The summed E-state index contributed by atoms with van der Waals surface area (Å²) < 4.78 is 5.63. The van der Waals surface area contributed by atoms with Crippen molar-refractivity contribution >= 4 is 17.5 Å². The molecule has 0 spiro atoms. The van der Waals surface area contributed by atoms with Gasteiger partial charge in [0.1, 0.15) is 5.75 Å². The first-order valence-corrected chi connectivity index (χ1v) is 10.0. The molecule has 2 amide bonds. The van der Waals surface area contributed by atoms with Crippen molar-refractivity contribution in [2.45, 2.75) is 38.5 Å². The number of carbonyl (C=O) groups excluding carboxylic acids is 2. The van der Waals surface area contributed by atoms with Gasteiger partial charge in [-0.3, -0.25) is 9.59 Å². The van der Waals surface area contributed by atoms with Gasteiger partial charge >= 0.3 is 0 Å². The lowest BCUT2D eigenvalue weighted by Gasteiger charge is -2.16. The fraction of sp³-hybridized carbons (Fsp3) is 0.391. The first kappa shape index (κ1) is 19.9. The van der Waals surface area contributed by atoms with Crippen LogP contribution in [0.15, 0.2) is 54.6 Å². The molecule has 1 heterocycles. The van der Waals surface area contributed by atoms with Crippen LogP contribution in [-0.4, -0.2) is 36.4 Å². The van der Waals surface area contributed by atoms with Gasteiger partial charge in [-0.15, -0.1) is 0 Å². The Labute approximate surface area is 166 Å². The number of rotatable bonds is 8. The van der Waals surface area contributed by atoms with Crippen LogP contribution in [0.5, 0.6) is 5.75 Å². The van der Waals surface area contributed by atoms with E-state index in [1.165, 1.54) is 5.56 Å². The highest BCUT2D eigenvalue weighted by Crippen LogP contribution is 2.24. The predicted octanol–water partition coefficient (Wildman–Crippen LogP) is 4.21. The average molecular weight is 380 g/mol. The number of likely N-dealkylation sites (tertiary alicyclic amines) is 1. The Morgan fingerprint density at radius 3 is 2.54 bits per heavy atom. The van der Waals surface area contributed by atoms with Crippen LogP contribution in [-0.2, 0) is 9.59 Å². The molecule has 5 nitrogen and oxygen atoms in total. The van der Waals surface area contributed by atoms with E-state index >= 15 is 0 Å². The third kappa shape index (κ3) is 5.59. The second kappa shape index (κ2) is 9.93. The molecular formula is C23H28N2O3. The fourth-order valence-electron chi connectivity index (χ4n) is 3.53. The number of amides is 2. The number of carbonyl (C=O) groups is 2. The molecule has 1 aliphatic heterocycles. The van der Waals surface area contributed by atoms with E-state index in [-0.39, 0.29) is 24.3 Å². The van der Waals surface area contributed by atoms with Crippen molar-refractivity contribution in [3.05, 3.63) is 60.2 Å². The minimum absolute atomic E-state index is 0.0144. The summed E-state index contributed by atoms with van der Waals surface area (Å²) in [5, 5.41) is 2.95. The van der Waals surface area contributed by atoms with Gasteiger partial charge in [-0.05, 0) is 42.9 Å². The van der Waals surface area contributed by atoms with Gasteiger partial charge < -0.3 is 15.0 Å². The molecule has 1 saturated heterocycles. The first-order valence-electron chi connectivity index (χ1n) is 10.0. The van der Waals surface area contributed by atoms with Gasteiger partial charge in [0.05, 0.1) is 0 Å². The standard InChI is InChI=1S/C23H28N2O3/c1-2-18(19-9-4-3-5-10-19)15-22(26)24-20-11-8-12-21(16-20)28-17-23(27)25-13-6-7-14-25/h3-5,8-12,16,18H,2,6-7,13-15,17H2,1H3,(H,24,26). The van der Waals surface area contributed by atoms with Gasteiger partial charge in [0, 0.05) is 31.3 Å². The van der Waals surface area contributed by atoms with Gasteiger partial charge in [0.2, 0.25) is 5.91 Å². The Bertz CT molecular complexity index is 785. The van der Waals surface area contributed by atoms with E-state index < -0.39 is 0 Å². The van der Waals surface area contributed by atoms with Crippen LogP contribution in [0.3, 0.4) is 0 Å². The van der Waals surface area contributed by atoms with Crippen molar-refractivity contribution in [1.29, 1.82) is 0 Å². The molecule has 2 aromatic carbocycles. The number of nitrogens with one attached hydrogen (secondary N) is 1. The van der Waals surface area contributed by atoms with Crippen molar-refractivity contribution in [2.24, 2.45) is 0 Å². The minimum Gasteiger partial charge on any atom is -0.484 e. The fourth-order valence-corrected chi connectivity index (χ4v) is 3.53. The molecule has 3 rings (SSSR count). The van der Waals surface area contributed by atoms with Gasteiger partial charge in [-0.25, -0.2) is 0 Å². The summed E-state index contributed by atoms with van der Waals surface area (Å²) in [5.41, 5.74) is 1.86. The normalized spacial score (nSPS) is 14.5. The third-order valence-corrected chi connectivity index (χ3v) is 5.13. The molecule has 28 heavy (non-hydrogen) atoms. The van der Waals surface area contributed by atoms with E-state index in [4.69, 9.17) is 4.74 Å². The smallest absolute Gasteiger partial charge is 0.260 e. The average Bonchev–Trinajstić information content (AvgIpc) is 3.26. The van der Waals surface area contributed by atoms with E-state index in [9.17, 15) is 9.59 Å². The topological polar surface area (TPSA) is 58.6 Å². The SMILES string of the molecule is CCC(CC(=O)Nc1cccc(OCC(=O)N2CCCC2)c1)c1ccccc1. The first-order chi connectivity index (χ1) is 13.7. The van der Waals surface area contributed by atoms with Crippen LogP contribution >= 0.6 is 0 Å². The molecule has 1 atom stereocenters. The molecule has 0 aliphatic carbocycles. The van der Waals surface area contributed by atoms with Crippen LogP contribution in [0.1, 0.15) is 44.1 Å². The summed E-state index contributed by atoms with van der Waals surface area (Å²) in [6.45, 7) is 3.76. The van der Waals surface area contributed by atoms with E-state index in [1.54, 1.807) is 12.1 Å². The number of hydrogen-bond donors (Lipinski definition) is 1. The maximum absolute atomic E-state index is 12.5. The summed E-state index contributed by atoms with van der Waals surface area (Å²) >= 11 is 0. The summed E-state index contributed by atoms with van der Waals surface area (Å²) in [4.78, 5) is 26.4. The zero-order chi connectivity index (χ0) is 19.8. The van der Waals surface area contributed by atoms with E-state index in [0.717, 1.165) is 32.4 Å². The van der Waals surface area contributed by atoms with E-state index in [0.29, 0.717) is 17.9 Å². The molecule has 1 N–H and O–H groups in total. The molecule has 0 radical (unpaired) electrons. The Hall–Kier alpha value is -2.82. The lowest BCUT2D eigenvalue weighted by Crippen LogP contribution is -2.32. The molecule has 1 aliphatic rings. The van der Waals surface area contributed by atoms with Crippen molar-refractivity contribution in [3.63, 3.8) is 0 Å². The van der Waals surface area contributed by atoms with Crippen molar-refractivity contribution < 1.29 is 14.3 Å². The predicted molar refractivity (Wildman–Crippen MR) is 110 cm³/mol. The maximum Gasteiger partial charge on any atom is 0.260 e. The summed E-state index contributed by atoms with van der Waals surface area (Å²) in [7, 11) is 0. The van der Waals surface area contributed by atoms with Crippen LogP contribution in [0.2, 0.25) is 0 Å². The van der Waals surface area contributed by atoms with Crippen molar-refractivity contribution in [1.82, 2.24) is 4.90 Å². The zero-order valence-corrected chi connectivity index (χ0v) is 16.4. The molecule has 0 bridgehead atoms. The number of benzene rings is 2. The molecule has 148 valence electrons. The number of anilines is 1. The zero-order valence-electron chi connectivity index (χ0n) is 16.4. The van der Waals surface area contributed by atoms with Gasteiger partial charge in [-0.2, -0.15) is 0 Å². The quantitative estimate of drug-likeness (QED) is 0.746. The summed E-state index contributed by atoms with van der Waals surface area (Å²) in [6, 6.07) is 17.3. The Balaban J connectivity index is 1.53. The van der Waals surface area contributed by atoms with E-state index in [1.807, 2.05) is 35.2 Å². The highest BCUT2D eigenvalue weighted by atomic mass is 16.5. The molecule has 0 saturated carbocycles. The van der Waals surface area contributed by atoms with Crippen molar-refractivity contribution in [3.8, 4) is 5.75 Å². The highest BCUT2D eigenvalue weighted by Gasteiger charge is 2.18. The largest absolute Gasteiger partial charge is 0.484 e. The molecule has 1 unspecified atom stereocenters. The van der Waals surface area contributed by atoms with Crippen LogP contribution in [0, 0.1) is 0 Å². The Morgan fingerprint density at radius 1 is 1.07 bits per heavy atom. The van der Waals surface area contributed by atoms with Gasteiger partial charge in [0.25, 0.3) is 5.91 Å². The molecular weight excluding hydrogens is 352 g/mol. The second-order valence-electron chi connectivity index (χ2n) is 7.17. The molecule has 0 aromatic heterocycles. The Morgan fingerprint density at radius 2 is 1.82 bits per heavy atom. The maximum atomic E-state index is 12.5. The lowest BCUT2D eigenvalue weighted by molar-refractivity contribution is -0.132. The summed E-state index contributed by atoms with van der Waals surface area (Å²) in [5.74, 6) is 0.765. The molecule has 1 fully saturated rings. The third-order valence-electron chi connectivity index (χ3n) is 5.13. The molecule has 2 aromatic rings. The number of nitrogens with zero attached hydrogens (tertiary/aromatic N) is 1. The number of ether oxygens (including phenoxy) is 1. The summed E-state index contributed by atoms with van der Waals surface area (Å²) in [6.07, 6.45) is 3.46. The minimum atomic E-state index is -0.0269. The number of hydrogen-bond acceptors (Lipinski definition) is 3.